The van der Waals surface area contributed by atoms with Crippen LogP contribution < -0.4 is 10.4 Å². The Kier molecular flexibility index (Phi) is 11.9. The van der Waals surface area contributed by atoms with E-state index in [1.165, 1.54) is 35.7 Å². The molecule has 0 N–H and O–H groups in total. The van der Waals surface area contributed by atoms with Gasteiger partial charge in [-0.2, -0.15) is 0 Å². The van der Waals surface area contributed by atoms with Crippen molar-refractivity contribution < 1.29 is 18.3 Å². The van der Waals surface area contributed by atoms with Crippen molar-refractivity contribution >= 4 is 30.7 Å². The third kappa shape index (κ3) is 7.73. The van der Waals surface area contributed by atoms with Gasteiger partial charge in [0.2, 0.25) is 0 Å². The molecule has 0 saturated carbocycles. The van der Waals surface area contributed by atoms with Crippen LogP contribution in [0.25, 0.3) is 17.2 Å². The molecular weight excluding hydrogens is 590 g/mol. The Hall–Kier alpha value is -3.87. The van der Waals surface area contributed by atoms with E-state index in [0.717, 1.165) is 59.3 Å². The Labute approximate surface area is 275 Å². The van der Waals surface area contributed by atoms with Crippen LogP contribution >= 0.6 is 0 Å². The highest BCUT2D eigenvalue weighted by molar-refractivity contribution is 6.99. The number of esters is 1. The molecule has 0 bridgehead atoms. The van der Waals surface area contributed by atoms with Crippen LogP contribution in [0.1, 0.15) is 89.2 Å². The fourth-order valence-electron chi connectivity index (χ4n) is 6.39. The van der Waals surface area contributed by atoms with Crippen LogP contribution in [0.2, 0.25) is 5.04 Å². The van der Waals surface area contributed by atoms with Crippen molar-refractivity contribution in [3.8, 4) is 11.1 Å². The van der Waals surface area contributed by atoms with Crippen molar-refractivity contribution in [2.75, 3.05) is 7.11 Å². The van der Waals surface area contributed by atoms with E-state index >= 15 is 0 Å². The zero-order chi connectivity index (χ0) is 33.3. The molecule has 6 heteroatoms. The third-order valence-corrected chi connectivity index (χ3v) is 13.6. The van der Waals surface area contributed by atoms with Crippen molar-refractivity contribution in [3.63, 3.8) is 0 Å². The minimum Gasteiger partial charge on any atom is -0.466 e. The van der Waals surface area contributed by atoms with Crippen molar-refractivity contribution in [2.24, 2.45) is 0 Å². The summed E-state index contributed by atoms with van der Waals surface area (Å²) in [5.41, 5.74) is 5.60. The van der Waals surface area contributed by atoms with Gasteiger partial charge in [0.05, 0.1) is 19.4 Å². The predicted octanol–water partition coefficient (Wildman–Crippen LogP) is 9.01. The Balaban J connectivity index is 2.03. The predicted molar refractivity (Wildman–Crippen MR) is 190 cm³/mol. The first-order valence-electron chi connectivity index (χ1n) is 16.4. The van der Waals surface area contributed by atoms with Gasteiger partial charge in [-0.15, -0.1) is 0 Å². The van der Waals surface area contributed by atoms with Crippen LogP contribution in [0, 0.1) is 5.82 Å². The van der Waals surface area contributed by atoms with E-state index in [-0.39, 0.29) is 16.8 Å². The van der Waals surface area contributed by atoms with Crippen molar-refractivity contribution in [2.45, 2.75) is 84.8 Å². The molecule has 3 aromatic carbocycles. The minimum atomic E-state index is -2.88. The largest absolute Gasteiger partial charge is 0.466 e. The monoisotopic (exact) mass is 637 g/mol. The lowest BCUT2D eigenvalue weighted by molar-refractivity contribution is -0.134. The summed E-state index contributed by atoms with van der Waals surface area (Å²) in [5.74, 6) is -0.660. The molecule has 1 heterocycles. The van der Waals surface area contributed by atoms with Gasteiger partial charge >= 0.3 is 5.97 Å². The first kappa shape index (κ1) is 35.0. The van der Waals surface area contributed by atoms with Crippen LogP contribution in [0.15, 0.2) is 91.0 Å². The fraction of sp³-hybridized carbons (Fsp3) is 0.350. The second kappa shape index (κ2) is 15.6. The number of ether oxygens (including phenoxy) is 1. The number of aromatic nitrogens is 1. The zero-order valence-corrected chi connectivity index (χ0v) is 29.4. The standard InChI is InChI=1S/C40H48FNO3Si/c1-8-9-12-21-34-36(26-27-37(43)44-7)42-39(29(2)3)35(38(34)30-22-24-31(41)25-23-30)28-45-46(40(4,5)6,32-17-13-10-14-18-32)33-19-15-11-16-20-33/h10-11,13-20,22-27,29H,8-9,12,21,28H2,1-7H3/b27-26+. The molecule has 0 atom stereocenters. The van der Waals surface area contributed by atoms with Crippen LogP contribution in [-0.2, 0) is 27.0 Å². The summed E-state index contributed by atoms with van der Waals surface area (Å²) in [6.45, 7) is 13.6. The van der Waals surface area contributed by atoms with Gasteiger partial charge in [0.15, 0.2) is 0 Å². The Bertz CT molecular complexity index is 1570. The van der Waals surface area contributed by atoms with E-state index in [2.05, 4.69) is 90.1 Å². The normalized spacial score (nSPS) is 12.2. The molecular formula is C40H48FNO3Si. The maximum atomic E-state index is 14.3. The second-order valence-electron chi connectivity index (χ2n) is 13.1. The molecule has 0 unspecified atom stereocenters. The number of nitrogens with zero attached hydrogens (tertiary/aromatic N) is 1. The number of methoxy groups -OCH3 is 1. The summed E-state index contributed by atoms with van der Waals surface area (Å²) >= 11 is 0. The Morgan fingerprint density at radius 1 is 0.891 bits per heavy atom. The maximum Gasteiger partial charge on any atom is 0.330 e. The second-order valence-corrected chi connectivity index (χ2v) is 17.4. The highest BCUT2D eigenvalue weighted by Crippen LogP contribution is 2.41. The molecule has 0 spiro atoms. The molecule has 0 aliphatic rings. The van der Waals surface area contributed by atoms with Gasteiger partial charge in [0, 0.05) is 17.3 Å². The molecule has 1 aromatic heterocycles. The molecule has 0 aliphatic carbocycles. The van der Waals surface area contributed by atoms with Crippen LogP contribution in [0.5, 0.6) is 0 Å². The number of benzene rings is 3. The molecule has 4 nitrogen and oxygen atoms in total. The number of hydrogen-bond acceptors (Lipinski definition) is 4. The molecule has 46 heavy (non-hydrogen) atoms. The number of halogens is 1. The van der Waals surface area contributed by atoms with Gasteiger partial charge in [-0.05, 0) is 69.1 Å². The highest BCUT2D eigenvalue weighted by Gasteiger charge is 2.50. The molecule has 0 fully saturated rings. The summed E-state index contributed by atoms with van der Waals surface area (Å²) in [6, 6.07) is 28.0. The summed E-state index contributed by atoms with van der Waals surface area (Å²) in [7, 11) is -1.51. The summed E-state index contributed by atoms with van der Waals surface area (Å²) in [5, 5.41) is 2.21. The number of pyridine rings is 1. The van der Waals surface area contributed by atoms with Gasteiger partial charge in [-0.3, -0.25) is 4.98 Å². The third-order valence-electron chi connectivity index (χ3n) is 8.60. The SMILES string of the molecule is CCCCCc1c(/C=C/C(=O)OC)nc(C(C)C)c(CO[Si](c2ccccc2)(c2ccccc2)C(C)(C)C)c1-c1ccc(F)cc1. The number of unbranched alkanes of at least 4 members (excludes halogenated alkanes) is 2. The summed E-state index contributed by atoms with van der Waals surface area (Å²) < 4.78 is 26.7. The first-order chi connectivity index (χ1) is 22.0. The quantitative estimate of drug-likeness (QED) is 0.0635. The minimum absolute atomic E-state index is 0.0620. The molecule has 4 aromatic rings. The smallest absolute Gasteiger partial charge is 0.330 e. The topological polar surface area (TPSA) is 48.4 Å². The molecule has 0 amide bonds. The van der Waals surface area contributed by atoms with Gasteiger partial charge in [0.1, 0.15) is 5.82 Å². The Morgan fingerprint density at radius 3 is 1.98 bits per heavy atom. The number of rotatable bonds is 13. The van der Waals surface area contributed by atoms with Gasteiger partial charge < -0.3 is 9.16 Å². The average molecular weight is 638 g/mol. The maximum absolute atomic E-state index is 14.3. The van der Waals surface area contributed by atoms with E-state index in [1.807, 2.05) is 24.3 Å². The van der Waals surface area contributed by atoms with Crippen molar-refractivity contribution in [1.82, 2.24) is 4.98 Å². The zero-order valence-electron chi connectivity index (χ0n) is 28.4. The Morgan fingerprint density at radius 2 is 1.48 bits per heavy atom. The first-order valence-corrected chi connectivity index (χ1v) is 18.3. The van der Waals surface area contributed by atoms with E-state index in [4.69, 9.17) is 14.1 Å². The van der Waals surface area contributed by atoms with Gasteiger partial charge in [0.25, 0.3) is 8.32 Å². The van der Waals surface area contributed by atoms with Crippen molar-refractivity contribution in [3.05, 3.63) is 119 Å². The lowest BCUT2D eigenvalue weighted by Crippen LogP contribution is -2.66. The van der Waals surface area contributed by atoms with E-state index in [9.17, 15) is 9.18 Å². The summed E-state index contributed by atoms with van der Waals surface area (Å²) in [4.78, 5) is 17.5. The van der Waals surface area contributed by atoms with Crippen LogP contribution in [0.4, 0.5) is 4.39 Å². The van der Waals surface area contributed by atoms with Gasteiger partial charge in [-0.25, -0.2) is 9.18 Å². The highest BCUT2D eigenvalue weighted by atomic mass is 28.4. The van der Waals surface area contributed by atoms with E-state index < -0.39 is 14.3 Å². The lowest BCUT2D eigenvalue weighted by atomic mass is 9.87. The number of carbonyl (C=O) groups is 1. The molecule has 0 radical (unpaired) electrons. The van der Waals surface area contributed by atoms with Crippen molar-refractivity contribution in [1.29, 1.82) is 0 Å². The molecule has 242 valence electrons. The van der Waals surface area contributed by atoms with E-state index in [1.54, 1.807) is 6.08 Å². The summed E-state index contributed by atoms with van der Waals surface area (Å²) in [6.07, 6.45) is 7.05. The lowest BCUT2D eigenvalue weighted by Gasteiger charge is -2.43. The van der Waals surface area contributed by atoms with Gasteiger partial charge in [-0.1, -0.05) is 127 Å². The van der Waals surface area contributed by atoms with Crippen LogP contribution in [-0.4, -0.2) is 26.4 Å². The number of carbonyl (C=O) groups excluding carboxylic acids is 1. The molecule has 0 aliphatic heterocycles. The van der Waals surface area contributed by atoms with Crippen LogP contribution in [0.3, 0.4) is 0 Å². The number of hydrogen-bond donors (Lipinski definition) is 0. The molecule has 4 rings (SSSR count). The fourth-order valence-corrected chi connectivity index (χ4v) is 10.9. The molecule has 0 saturated heterocycles. The average Bonchev–Trinajstić information content (AvgIpc) is 3.05. The van der Waals surface area contributed by atoms with E-state index in [0.29, 0.717) is 6.61 Å².